The number of hydrogen-bond donors (Lipinski definition) is 1. The smallest absolute Gasteiger partial charge is 0.477 e. The van der Waals surface area contributed by atoms with Crippen LogP contribution in [0.3, 0.4) is 0 Å². The Morgan fingerprint density at radius 3 is 2.69 bits per heavy atom. The summed E-state index contributed by atoms with van der Waals surface area (Å²) in [5, 5.41) is 12.1. The van der Waals surface area contributed by atoms with E-state index in [1.807, 2.05) is 0 Å². The molecule has 2 bridgehead atoms. The van der Waals surface area contributed by atoms with E-state index >= 15 is 0 Å². The molecule has 1 spiro atoms. The quantitative estimate of drug-likeness (QED) is 0.529. The summed E-state index contributed by atoms with van der Waals surface area (Å²) in [6.07, 6.45) is 2.43. The standard InChI is InChI=1S/C21H22F3NO6S/c22-21(23,24)32(28,29)31-14-4-3-12-9-15-20(27)6-5-13(26)18-19(20,16(12)17(14)30-18)7-8-25(15)10-11-1-2-11/h3-4,11,15,18,27H,1-2,5-10H2/t15-,18+,19+,20-/m1/s1. The zero-order chi connectivity index (χ0) is 22.7. The second-order valence-electron chi connectivity index (χ2n) is 9.68. The maximum Gasteiger partial charge on any atom is 0.534 e. The number of nitrogens with zero attached hydrogens (tertiary/aromatic N) is 1. The Hall–Kier alpha value is -1.85. The number of Topliss-reactive ketones (excluding diaryl/α,β-unsaturated/α-hetero) is 1. The van der Waals surface area contributed by atoms with Crippen LogP contribution in [0.5, 0.6) is 11.5 Å². The van der Waals surface area contributed by atoms with E-state index in [2.05, 4.69) is 9.08 Å². The van der Waals surface area contributed by atoms with Gasteiger partial charge in [0, 0.05) is 24.6 Å². The van der Waals surface area contributed by atoms with Crippen molar-refractivity contribution in [1.82, 2.24) is 4.90 Å². The molecule has 1 N–H and O–H groups in total. The first-order valence-electron chi connectivity index (χ1n) is 10.8. The molecule has 1 aromatic carbocycles. The summed E-state index contributed by atoms with van der Waals surface area (Å²) in [5.41, 5.74) is -6.82. The van der Waals surface area contributed by atoms with Crippen LogP contribution in [0.15, 0.2) is 12.1 Å². The van der Waals surface area contributed by atoms with Crippen molar-refractivity contribution in [3.05, 3.63) is 23.3 Å². The van der Waals surface area contributed by atoms with Crippen molar-refractivity contribution in [2.75, 3.05) is 13.1 Å². The number of likely N-dealkylation sites (tertiary alicyclic amines) is 1. The molecule has 1 saturated heterocycles. The van der Waals surface area contributed by atoms with Gasteiger partial charge in [-0.2, -0.15) is 21.6 Å². The van der Waals surface area contributed by atoms with Crippen LogP contribution in [-0.4, -0.2) is 60.6 Å². The highest BCUT2D eigenvalue weighted by Gasteiger charge is 2.73. The van der Waals surface area contributed by atoms with Crippen molar-refractivity contribution in [1.29, 1.82) is 0 Å². The van der Waals surface area contributed by atoms with Gasteiger partial charge < -0.3 is 14.0 Å². The van der Waals surface area contributed by atoms with Crippen molar-refractivity contribution < 1.29 is 40.4 Å². The fraction of sp³-hybridized carbons (Fsp3) is 0.667. The van der Waals surface area contributed by atoms with E-state index in [1.54, 1.807) is 6.07 Å². The molecule has 6 rings (SSSR count). The Labute approximate surface area is 182 Å². The Kier molecular flexibility index (Phi) is 4.00. The van der Waals surface area contributed by atoms with E-state index in [-0.39, 0.29) is 30.4 Å². The average Bonchev–Trinajstić information content (AvgIpc) is 3.44. The third-order valence-electron chi connectivity index (χ3n) is 8.03. The number of halogens is 3. The first kappa shape index (κ1) is 20.7. The minimum Gasteiger partial charge on any atom is -0.477 e. The fourth-order valence-electron chi connectivity index (χ4n) is 6.48. The van der Waals surface area contributed by atoms with Gasteiger partial charge in [0.2, 0.25) is 0 Å². The van der Waals surface area contributed by atoms with E-state index in [0.717, 1.165) is 31.0 Å². The van der Waals surface area contributed by atoms with Crippen LogP contribution in [0.25, 0.3) is 0 Å². The molecule has 1 aromatic rings. The van der Waals surface area contributed by atoms with Gasteiger partial charge in [0.25, 0.3) is 0 Å². The van der Waals surface area contributed by atoms with E-state index in [1.165, 1.54) is 0 Å². The number of hydrogen-bond acceptors (Lipinski definition) is 7. The third-order valence-corrected chi connectivity index (χ3v) is 8.99. The van der Waals surface area contributed by atoms with Crippen LogP contribution < -0.4 is 8.92 Å². The van der Waals surface area contributed by atoms with Crippen molar-refractivity contribution in [2.45, 2.75) is 67.2 Å². The number of aliphatic hydroxyl groups is 1. The van der Waals surface area contributed by atoms with Crippen LogP contribution >= 0.6 is 0 Å². The van der Waals surface area contributed by atoms with Gasteiger partial charge in [-0.1, -0.05) is 6.07 Å². The number of carbonyl (C=O) groups excluding carboxylic acids is 1. The average molecular weight is 473 g/mol. The molecule has 0 amide bonds. The maximum absolute atomic E-state index is 12.9. The number of ketones is 1. The summed E-state index contributed by atoms with van der Waals surface area (Å²) in [5.74, 6) is -0.395. The zero-order valence-corrected chi connectivity index (χ0v) is 17.8. The number of ether oxygens (including phenoxy) is 1. The number of benzene rings is 1. The molecular weight excluding hydrogens is 451 g/mol. The number of carbonyl (C=O) groups is 1. The Bertz CT molecular complexity index is 1130. The van der Waals surface area contributed by atoms with Crippen LogP contribution in [-0.2, 0) is 26.7 Å². The highest BCUT2D eigenvalue weighted by Crippen LogP contribution is 2.65. The van der Waals surface area contributed by atoms with E-state index in [9.17, 15) is 31.5 Å². The van der Waals surface area contributed by atoms with Crippen molar-refractivity contribution in [2.24, 2.45) is 5.92 Å². The molecule has 174 valence electrons. The summed E-state index contributed by atoms with van der Waals surface area (Å²) in [7, 11) is -5.92. The first-order valence-corrected chi connectivity index (χ1v) is 12.2. The lowest BCUT2D eigenvalue weighted by Crippen LogP contribution is -2.76. The van der Waals surface area contributed by atoms with Crippen LogP contribution in [0.2, 0.25) is 0 Å². The number of alkyl halides is 3. The summed E-state index contributed by atoms with van der Waals surface area (Å²) in [4.78, 5) is 15.2. The largest absolute Gasteiger partial charge is 0.534 e. The second kappa shape index (κ2) is 6.18. The Morgan fingerprint density at radius 2 is 2.00 bits per heavy atom. The van der Waals surface area contributed by atoms with Gasteiger partial charge in [-0.3, -0.25) is 9.69 Å². The van der Waals surface area contributed by atoms with E-state index in [4.69, 9.17) is 4.74 Å². The molecule has 0 aromatic heterocycles. The SMILES string of the molecule is O=C1CC[C@@]2(O)[C@H]3Cc4ccc(OS(=O)(=O)C(F)(F)F)c5c4[C@@]2(CCN3CC2CC2)[C@H]1O5. The third kappa shape index (κ3) is 2.50. The number of rotatable bonds is 4. The summed E-state index contributed by atoms with van der Waals surface area (Å²) >= 11 is 0. The lowest BCUT2D eigenvalue weighted by Gasteiger charge is -2.62. The Morgan fingerprint density at radius 1 is 1.25 bits per heavy atom. The monoisotopic (exact) mass is 473 g/mol. The van der Waals surface area contributed by atoms with Gasteiger partial charge in [-0.25, -0.2) is 0 Å². The molecule has 3 fully saturated rings. The van der Waals surface area contributed by atoms with Gasteiger partial charge in [0.15, 0.2) is 23.4 Å². The van der Waals surface area contributed by atoms with Gasteiger partial charge in [0.05, 0.1) is 11.0 Å². The summed E-state index contributed by atoms with van der Waals surface area (Å²) < 4.78 is 72.5. The lowest BCUT2D eigenvalue weighted by atomic mass is 9.49. The first-order chi connectivity index (χ1) is 15.0. The van der Waals surface area contributed by atoms with Crippen molar-refractivity contribution >= 4 is 15.9 Å². The molecule has 0 radical (unpaired) electrons. The molecule has 2 heterocycles. The number of piperidine rings is 1. The highest BCUT2D eigenvalue weighted by atomic mass is 32.2. The second-order valence-corrected chi connectivity index (χ2v) is 11.2. The molecule has 32 heavy (non-hydrogen) atoms. The molecule has 2 aliphatic heterocycles. The van der Waals surface area contributed by atoms with Gasteiger partial charge in [-0.05, 0) is 56.2 Å². The topological polar surface area (TPSA) is 93.1 Å². The predicted molar refractivity (Wildman–Crippen MR) is 104 cm³/mol. The minimum atomic E-state index is -5.92. The molecule has 7 nitrogen and oxygen atoms in total. The Balaban J connectivity index is 1.50. The molecule has 11 heteroatoms. The molecular formula is C21H22F3NO6S. The zero-order valence-electron chi connectivity index (χ0n) is 17.0. The highest BCUT2D eigenvalue weighted by molar-refractivity contribution is 7.88. The summed E-state index contributed by atoms with van der Waals surface area (Å²) in [6, 6.07) is 2.46. The molecule has 5 aliphatic rings. The molecule has 0 unspecified atom stereocenters. The van der Waals surface area contributed by atoms with E-state index < -0.39 is 38.5 Å². The van der Waals surface area contributed by atoms with Gasteiger partial charge in [-0.15, -0.1) is 0 Å². The summed E-state index contributed by atoms with van der Waals surface area (Å²) in [6.45, 7) is 1.50. The molecule has 2 saturated carbocycles. The normalized spacial score (nSPS) is 35.9. The van der Waals surface area contributed by atoms with Crippen molar-refractivity contribution in [3.8, 4) is 11.5 Å². The van der Waals surface area contributed by atoms with Gasteiger partial charge in [0.1, 0.15) is 0 Å². The van der Waals surface area contributed by atoms with E-state index in [0.29, 0.717) is 30.9 Å². The lowest BCUT2D eigenvalue weighted by molar-refractivity contribution is -0.188. The van der Waals surface area contributed by atoms with Crippen molar-refractivity contribution in [3.63, 3.8) is 0 Å². The molecule has 3 aliphatic carbocycles. The maximum atomic E-state index is 12.9. The molecule has 4 atom stereocenters. The van der Waals surface area contributed by atoms with Crippen LogP contribution in [0.1, 0.15) is 43.2 Å². The van der Waals surface area contributed by atoms with Crippen LogP contribution in [0, 0.1) is 5.92 Å². The van der Waals surface area contributed by atoms with Gasteiger partial charge >= 0.3 is 15.6 Å². The predicted octanol–water partition coefficient (Wildman–Crippen LogP) is 2.05. The fourth-order valence-corrected chi connectivity index (χ4v) is 6.95. The minimum absolute atomic E-state index is 0.0943. The van der Waals surface area contributed by atoms with Crippen LogP contribution in [0.4, 0.5) is 13.2 Å².